The molecule has 0 spiro atoms. The van der Waals surface area contributed by atoms with E-state index in [1.165, 1.54) is 12.1 Å². The van der Waals surface area contributed by atoms with Crippen molar-refractivity contribution >= 4 is 5.97 Å². The van der Waals surface area contributed by atoms with Gasteiger partial charge in [-0.25, -0.2) is 0 Å². The van der Waals surface area contributed by atoms with E-state index in [1.807, 2.05) is 0 Å². The molecular formula is C12H16O5. The lowest BCUT2D eigenvalue weighted by atomic mass is 10.1. The Morgan fingerprint density at radius 3 is 2.59 bits per heavy atom. The minimum atomic E-state index is -0.633. The second kappa shape index (κ2) is 6.10. The van der Waals surface area contributed by atoms with Crippen LogP contribution in [0.3, 0.4) is 0 Å². The Kier molecular flexibility index (Phi) is 4.78. The fourth-order valence-corrected chi connectivity index (χ4v) is 1.37. The second-order valence-electron chi connectivity index (χ2n) is 3.68. The molecule has 1 aromatic rings. The van der Waals surface area contributed by atoms with Gasteiger partial charge in [-0.1, -0.05) is 13.0 Å². The van der Waals surface area contributed by atoms with E-state index in [4.69, 9.17) is 14.9 Å². The van der Waals surface area contributed by atoms with Crippen LogP contribution in [0.2, 0.25) is 0 Å². The first-order valence-corrected chi connectivity index (χ1v) is 5.38. The number of hydrogen-bond donors (Lipinski definition) is 3. The van der Waals surface area contributed by atoms with Gasteiger partial charge in [-0.15, -0.1) is 0 Å². The normalized spacial score (nSPS) is 12.1. The summed E-state index contributed by atoms with van der Waals surface area (Å²) in [6, 6.07) is 4.32. The Morgan fingerprint density at radius 1 is 1.35 bits per heavy atom. The number of aromatic hydroxyl groups is 2. The summed E-state index contributed by atoms with van der Waals surface area (Å²) in [6.07, 6.45) is -0.0978. The number of ether oxygens (including phenoxy) is 1. The van der Waals surface area contributed by atoms with Gasteiger partial charge in [0.2, 0.25) is 0 Å². The molecule has 0 saturated heterocycles. The van der Waals surface area contributed by atoms with Crippen LogP contribution in [0.15, 0.2) is 18.2 Å². The molecular weight excluding hydrogens is 224 g/mol. The molecule has 17 heavy (non-hydrogen) atoms. The molecule has 1 atom stereocenters. The highest BCUT2D eigenvalue weighted by Crippen LogP contribution is 2.25. The first-order chi connectivity index (χ1) is 8.06. The molecule has 3 N–H and O–H groups in total. The molecule has 0 aliphatic carbocycles. The van der Waals surface area contributed by atoms with Crippen molar-refractivity contribution in [3.8, 4) is 11.5 Å². The second-order valence-corrected chi connectivity index (χ2v) is 3.68. The summed E-state index contributed by atoms with van der Waals surface area (Å²) >= 11 is 0. The van der Waals surface area contributed by atoms with Crippen molar-refractivity contribution in [1.82, 2.24) is 0 Å². The van der Waals surface area contributed by atoms with Crippen molar-refractivity contribution in [2.24, 2.45) is 0 Å². The van der Waals surface area contributed by atoms with Crippen LogP contribution in [-0.4, -0.2) is 34.0 Å². The molecule has 0 radical (unpaired) electrons. The molecule has 0 aliphatic heterocycles. The van der Waals surface area contributed by atoms with Crippen LogP contribution in [0, 0.1) is 0 Å². The third-order valence-corrected chi connectivity index (χ3v) is 2.29. The third-order valence-electron chi connectivity index (χ3n) is 2.29. The summed E-state index contributed by atoms with van der Waals surface area (Å²) in [4.78, 5) is 11.1. The summed E-state index contributed by atoms with van der Waals surface area (Å²) in [6.45, 7) is 1.39. The van der Waals surface area contributed by atoms with Crippen molar-refractivity contribution in [1.29, 1.82) is 0 Å². The molecule has 1 aromatic carbocycles. The summed E-state index contributed by atoms with van der Waals surface area (Å²) in [5.74, 6) is -0.826. The SMILES string of the molecule is CCC(=O)OC(CO)Cc1ccc(O)c(O)c1. The number of rotatable bonds is 5. The average molecular weight is 240 g/mol. The zero-order chi connectivity index (χ0) is 12.8. The van der Waals surface area contributed by atoms with Gasteiger partial charge in [-0.3, -0.25) is 4.79 Å². The first-order valence-electron chi connectivity index (χ1n) is 5.38. The Balaban J connectivity index is 2.67. The van der Waals surface area contributed by atoms with Crippen LogP contribution in [0.1, 0.15) is 18.9 Å². The van der Waals surface area contributed by atoms with E-state index < -0.39 is 6.10 Å². The lowest BCUT2D eigenvalue weighted by Gasteiger charge is -2.15. The smallest absolute Gasteiger partial charge is 0.305 e. The standard InChI is InChI=1S/C12H16O5/c1-2-12(16)17-9(7-13)5-8-3-4-10(14)11(15)6-8/h3-4,6,9,13-15H,2,5,7H2,1H3. The number of phenols is 2. The maximum absolute atomic E-state index is 11.1. The van der Waals surface area contributed by atoms with Crippen molar-refractivity contribution in [3.05, 3.63) is 23.8 Å². The largest absolute Gasteiger partial charge is 0.504 e. The molecule has 0 saturated carbocycles. The summed E-state index contributed by atoms with van der Waals surface area (Å²) in [5.41, 5.74) is 0.670. The number of hydrogen-bond acceptors (Lipinski definition) is 5. The van der Waals surface area contributed by atoms with Crippen molar-refractivity contribution in [2.75, 3.05) is 6.61 Å². The maximum Gasteiger partial charge on any atom is 0.305 e. The van der Waals surface area contributed by atoms with Gasteiger partial charge in [-0.2, -0.15) is 0 Å². The van der Waals surface area contributed by atoms with Crippen LogP contribution >= 0.6 is 0 Å². The van der Waals surface area contributed by atoms with Gasteiger partial charge >= 0.3 is 5.97 Å². The minimum absolute atomic E-state index is 0.208. The van der Waals surface area contributed by atoms with E-state index in [9.17, 15) is 9.90 Å². The fraction of sp³-hybridized carbons (Fsp3) is 0.417. The van der Waals surface area contributed by atoms with E-state index in [0.29, 0.717) is 5.56 Å². The Labute approximate surface area is 99.3 Å². The van der Waals surface area contributed by atoms with Gasteiger partial charge in [0.25, 0.3) is 0 Å². The number of carbonyl (C=O) groups is 1. The van der Waals surface area contributed by atoms with Gasteiger partial charge in [0.05, 0.1) is 6.61 Å². The predicted molar refractivity (Wildman–Crippen MR) is 60.7 cm³/mol. The molecule has 1 rings (SSSR count). The van der Waals surface area contributed by atoms with Crippen LogP contribution in [0.25, 0.3) is 0 Å². The maximum atomic E-state index is 11.1. The Hall–Kier alpha value is -1.75. The lowest BCUT2D eigenvalue weighted by molar-refractivity contribution is -0.150. The summed E-state index contributed by atoms with van der Waals surface area (Å²) < 4.78 is 4.99. The van der Waals surface area contributed by atoms with Crippen LogP contribution in [0.4, 0.5) is 0 Å². The predicted octanol–water partition coefficient (Wildman–Crippen LogP) is 0.954. The van der Waals surface area contributed by atoms with Gasteiger partial charge in [0.1, 0.15) is 6.10 Å². The summed E-state index contributed by atoms with van der Waals surface area (Å²) in [5, 5.41) is 27.5. The highest BCUT2D eigenvalue weighted by molar-refractivity contribution is 5.69. The molecule has 5 heteroatoms. The quantitative estimate of drug-likeness (QED) is 0.527. The number of esters is 1. The van der Waals surface area contributed by atoms with Gasteiger partial charge in [0.15, 0.2) is 11.5 Å². The fourth-order valence-electron chi connectivity index (χ4n) is 1.37. The number of phenolic OH excluding ortho intramolecular Hbond substituents is 2. The monoisotopic (exact) mass is 240 g/mol. The molecule has 5 nitrogen and oxygen atoms in total. The van der Waals surface area contributed by atoms with Crippen molar-refractivity contribution in [2.45, 2.75) is 25.9 Å². The first kappa shape index (κ1) is 13.3. The highest BCUT2D eigenvalue weighted by Gasteiger charge is 2.14. The Morgan fingerprint density at radius 2 is 2.06 bits per heavy atom. The van der Waals surface area contributed by atoms with E-state index in [2.05, 4.69) is 0 Å². The molecule has 0 amide bonds. The van der Waals surface area contributed by atoms with E-state index in [0.717, 1.165) is 0 Å². The molecule has 0 aliphatic rings. The van der Waals surface area contributed by atoms with Crippen molar-refractivity contribution in [3.63, 3.8) is 0 Å². The zero-order valence-electron chi connectivity index (χ0n) is 9.59. The van der Waals surface area contributed by atoms with Crippen LogP contribution < -0.4 is 0 Å². The topological polar surface area (TPSA) is 87.0 Å². The number of aliphatic hydroxyl groups is 1. The molecule has 0 heterocycles. The minimum Gasteiger partial charge on any atom is -0.504 e. The average Bonchev–Trinajstić information content (AvgIpc) is 2.32. The molecule has 0 aromatic heterocycles. The molecule has 1 unspecified atom stereocenters. The number of benzene rings is 1. The Bertz CT molecular complexity index is 388. The highest BCUT2D eigenvalue weighted by atomic mass is 16.5. The van der Waals surface area contributed by atoms with Gasteiger partial charge in [-0.05, 0) is 17.7 Å². The van der Waals surface area contributed by atoms with Gasteiger partial charge in [0, 0.05) is 12.8 Å². The molecule has 0 fully saturated rings. The van der Waals surface area contributed by atoms with Gasteiger partial charge < -0.3 is 20.1 Å². The van der Waals surface area contributed by atoms with Crippen LogP contribution in [0.5, 0.6) is 11.5 Å². The van der Waals surface area contributed by atoms with E-state index >= 15 is 0 Å². The van der Waals surface area contributed by atoms with Crippen molar-refractivity contribution < 1.29 is 24.9 Å². The zero-order valence-corrected chi connectivity index (χ0v) is 9.59. The number of carbonyl (C=O) groups excluding carboxylic acids is 1. The molecule has 94 valence electrons. The third kappa shape index (κ3) is 3.96. The molecule has 0 bridgehead atoms. The van der Waals surface area contributed by atoms with E-state index in [1.54, 1.807) is 13.0 Å². The summed E-state index contributed by atoms with van der Waals surface area (Å²) in [7, 11) is 0. The lowest BCUT2D eigenvalue weighted by Crippen LogP contribution is -2.23. The number of aliphatic hydroxyl groups excluding tert-OH is 1. The van der Waals surface area contributed by atoms with E-state index in [-0.39, 0.29) is 36.9 Å². The van der Waals surface area contributed by atoms with Crippen LogP contribution in [-0.2, 0) is 16.0 Å².